The number of Topliss-reactive ketones (excluding diaryl/α,β-unsaturated/α-hetero) is 1. The molecule has 4 aliphatic rings. The number of hydrogen-bond donors (Lipinski definition) is 0. The summed E-state index contributed by atoms with van der Waals surface area (Å²) in [7, 11) is 0. The van der Waals surface area contributed by atoms with Crippen LogP contribution in [0.5, 0.6) is 0 Å². The first kappa shape index (κ1) is 23.9. The molecular formula is C29H44N4O. The van der Waals surface area contributed by atoms with Crippen LogP contribution in [-0.2, 0) is 11.3 Å². The Labute approximate surface area is 205 Å². The van der Waals surface area contributed by atoms with Gasteiger partial charge in [-0.2, -0.15) is 5.10 Å². The lowest BCUT2D eigenvalue weighted by molar-refractivity contribution is -0.137. The van der Waals surface area contributed by atoms with Crippen molar-refractivity contribution >= 4 is 16.9 Å². The minimum Gasteiger partial charge on any atom is -0.297 e. The number of nitrogens with zero attached hydrogens (tertiary/aromatic N) is 4. The van der Waals surface area contributed by atoms with Gasteiger partial charge in [-0.3, -0.25) is 4.79 Å². The van der Waals surface area contributed by atoms with Gasteiger partial charge in [-0.25, -0.2) is 14.6 Å². The molecule has 34 heavy (non-hydrogen) atoms. The molecule has 4 fully saturated rings. The Morgan fingerprint density at radius 3 is 2.53 bits per heavy atom. The molecule has 5 nitrogen and oxygen atoms in total. The Kier molecular flexibility index (Phi) is 6.35. The van der Waals surface area contributed by atoms with Gasteiger partial charge in [0.05, 0.1) is 6.20 Å². The van der Waals surface area contributed by atoms with E-state index in [1.54, 1.807) is 23.3 Å². The standard InChI is InChI=1S/C27H38N4O.C2H6/c1-17-8-10-26(2)18(14-17)4-5-19-20-6-7-22(27(20,3)11-9-21(19)26)24(32)16-31-25-23(15-30-31)28-12-13-29-25;1-2/h12-13,15,17-22H,4-11,14,16H2,1-3H3;1-2H3. The average molecular weight is 465 g/mol. The van der Waals surface area contributed by atoms with Crippen LogP contribution in [0.25, 0.3) is 11.2 Å². The summed E-state index contributed by atoms with van der Waals surface area (Å²) in [5.41, 5.74) is 2.20. The van der Waals surface area contributed by atoms with E-state index in [1.807, 2.05) is 13.8 Å². The molecule has 0 aliphatic heterocycles. The second kappa shape index (κ2) is 9.02. The molecule has 2 aromatic rings. The number of aromatic nitrogens is 4. The second-order valence-electron chi connectivity index (χ2n) is 12.2. The maximum atomic E-state index is 13.6. The maximum absolute atomic E-state index is 13.6. The first-order valence-electron chi connectivity index (χ1n) is 14.1. The van der Waals surface area contributed by atoms with Crippen molar-refractivity contribution in [1.29, 1.82) is 0 Å². The van der Waals surface area contributed by atoms with E-state index in [4.69, 9.17) is 0 Å². The van der Waals surface area contributed by atoms with E-state index in [9.17, 15) is 4.79 Å². The van der Waals surface area contributed by atoms with Crippen LogP contribution < -0.4 is 0 Å². The zero-order valence-corrected chi connectivity index (χ0v) is 22.0. The number of carbonyl (C=O) groups excluding carboxylic acids is 1. The smallest absolute Gasteiger partial charge is 0.177 e. The molecule has 8 atom stereocenters. The fourth-order valence-electron chi connectivity index (χ4n) is 9.19. The van der Waals surface area contributed by atoms with Crippen molar-refractivity contribution in [3.63, 3.8) is 0 Å². The van der Waals surface area contributed by atoms with Crippen LogP contribution in [-0.4, -0.2) is 25.5 Å². The topological polar surface area (TPSA) is 60.7 Å². The van der Waals surface area contributed by atoms with E-state index in [-0.39, 0.29) is 11.3 Å². The van der Waals surface area contributed by atoms with Gasteiger partial charge >= 0.3 is 0 Å². The summed E-state index contributed by atoms with van der Waals surface area (Å²) < 4.78 is 1.77. The predicted molar refractivity (Wildman–Crippen MR) is 136 cm³/mol. The van der Waals surface area contributed by atoms with Crippen LogP contribution in [0, 0.1) is 46.3 Å². The van der Waals surface area contributed by atoms with E-state index >= 15 is 0 Å². The molecule has 2 heterocycles. The molecule has 0 aromatic carbocycles. The number of rotatable bonds is 3. The molecular weight excluding hydrogens is 420 g/mol. The molecule has 0 N–H and O–H groups in total. The van der Waals surface area contributed by atoms with E-state index in [2.05, 4.69) is 35.8 Å². The summed E-state index contributed by atoms with van der Waals surface area (Å²) in [5, 5.41) is 4.43. The number of fused-ring (bicyclic) bond motifs is 6. The van der Waals surface area contributed by atoms with Gasteiger partial charge in [0.15, 0.2) is 11.4 Å². The Morgan fingerprint density at radius 1 is 0.971 bits per heavy atom. The molecule has 2 aromatic heterocycles. The number of ketones is 1. The molecule has 4 saturated carbocycles. The van der Waals surface area contributed by atoms with Crippen molar-refractivity contribution < 1.29 is 4.79 Å². The van der Waals surface area contributed by atoms with Crippen molar-refractivity contribution in [3.8, 4) is 0 Å². The summed E-state index contributed by atoms with van der Waals surface area (Å²) in [6, 6.07) is 0. The minimum atomic E-state index is 0.165. The van der Waals surface area contributed by atoms with Gasteiger partial charge in [0, 0.05) is 18.3 Å². The molecule has 0 radical (unpaired) electrons. The summed E-state index contributed by atoms with van der Waals surface area (Å²) >= 11 is 0. The lowest BCUT2D eigenvalue weighted by Crippen LogP contribution is -2.53. The first-order chi connectivity index (χ1) is 16.4. The van der Waals surface area contributed by atoms with Crippen LogP contribution in [0.15, 0.2) is 18.6 Å². The van der Waals surface area contributed by atoms with Crippen molar-refractivity contribution in [2.24, 2.45) is 46.3 Å². The van der Waals surface area contributed by atoms with Crippen LogP contribution in [0.2, 0.25) is 0 Å². The normalized spacial score (nSPS) is 41.1. The largest absolute Gasteiger partial charge is 0.297 e. The van der Waals surface area contributed by atoms with Gasteiger partial charge in [-0.05, 0) is 91.8 Å². The van der Waals surface area contributed by atoms with Gasteiger partial charge in [0.1, 0.15) is 12.1 Å². The van der Waals surface area contributed by atoms with Crippen molar-refractivity contribution in [1.82, 2.24) is 19.7 Å². The lowest BCUT2D eigenvalue weighted by Gasteiger charge is -2.61. The van der Waals surface area contributed by atoms with Crippen LogP contribution in [0.1, 0.15) is 92.4 Å². The Balaban J connectivity index is 0.00000117. The summed E-state index contributed by atoms with van der Waals surface area (Å²) in [6.45, 7) is 11.9. The number of carbonyl (C=O) groups is 1. The molecule has 0 bridgehead atoms. The lowest BCUT2D eigenvalue weighted by atomic mass is 9.44. The molecule has 0 spiro atoms. The summed E-state index contributed by atoms with van der Waals surface area (Å²) in [6.07, 6.45) is 17.1. The quantitative estimate of drug-likeness (QED) is 0.506. The molecule has 186 valence electrons. The van der Waals surface area contributed by atoms with Crippen LogP contribution in [0.4, 0.5) is 0 Å². The zero-order valence-electron chi connectivity index (χ0n) is 22.0. The molecule has 5 heteroatoms. The third-order valence-corrected chi connectivity index (χ3v) is 10.9. The third-order valence-electron chi connectivity index (χ3n) is 10.9. The van der Waals surface area contributed by atoms with Crippen LogP contribution in [0.3, 0.4) is 0 Å². The summed E-state index contributed by atoms with van der Waals surface area (Å²) in [4.78, 5) is 22.3. The highest BCUT2D eigenvalue weighted by Crippen LogP contribution is 2.67. The highest BCUT2D eigenvalue weighted by atomic mass is 16.1. The monoisotopic (exact) mass is 464 g/mol. The van der Waals surface area contributed by atoms with E-state index in [0.29, 0.717) is 17.7 Å². The fourth-order valence-corrected chi connectivity index (χ4v) is 9.19. The first-order valence-corrected chi connectivity index (χ1v) is 14.1. The Morgan fingerprint density at radius 2 is 1.71 bits per heavy atom. The van der Waals surface area contributed by atoms with Crippen molar-refractivity contribution in [2.45, 2.75) is 99.0 Å². The van der Waals surface area contributed by atoms with E-state index in [0.717, 1.165) is 47.2 Å². The third kappa shape index (κ3) is 3.64. The van der Waals surface area contributed by atoms with Gasteiger partial charge in [-0.15, -0.1) is 0 Å². The molecule has 0 saturated heterocycles. The second-order valence-corrected chi connectivity index (χ2v) is 12.2. The van der Waals surface area contributed by atoms with Crippen LogP contribution >= 0.6 is 0 Å². The Bertz CT molecular complexity index is 1030. The average Bonchev–Trinajstić information content (AvgIpc) is 3.41. The zero-order chi connectivity index (χ0) is 24.1. The number of hydrogen-bond acceptors (Lipinski definition) is 4. The van der Waals surface area contributed by atoms with E-state index < -0.39 is 0 Å². The minimum absolute atomic E-state index is 0.165. The maximum Gasteiger partial charge on any atom is 0.177 e. The highest BCUT2D eigenvalue weighted by molar-refractivity contribution is 5.83. The van der Waals surface area contributed by atoms with E-state index in [1.165, 1.54) is 51.4 Å². The molecule has 6 rings (SSSR count). The SMILES string of the molecule is CC.CC1CCC2(C)C(CCC3C2CCC2(C)C(C(=O)Cn4ncc5nccnc54)CCC32)C1. The van der Waals surface area contributed by atoms with Gasteiger partial charge in [0.2, 0.25) is 0 Å². The van der Waals surface area contributed by atoms with Gasteiger partial charge in [0.25, 0.3) is 0 Å². The van der Waals surface area contributed by atoms with Gasteiger partial charge in [-0.1, -0.05) is 41.0 Å². The van der Waals surface area contributed by atoms with Crippen molar-refractivity contribution in [3.05, 3.63) is 18.6 Å². The fraction of sp³-hybridized carbons (Fsp3) is 0.793. The van der Waals surface area contributed by atoms with Crippen molar-refractivity contribution in [2.75, 3.05) is 0 Å². The molecule has 8 unspecified atom stereocenters. The molecule has 0 amide bonds. The highest BCUT2D eigenvalue weighted by Gasteiger charge is 2.60. The predicted octanol–water partition coefficient (Wildman–Crippen LogP) is 6.72. The Hall–Kier alpha value is -1.78. The molecule has 4 aliphatic carbocycles. The van der Waals surface area contributed by atoms with Gasteiger partial charge < -0.3 is 0 Å². The summed E-state index contributed by atoms with van der Waals surface area (Å²) in [5.74, 6) is 4.81.